The standard InChI is InChI=1S/C19H27N3O2/c23-19(22-10-2-1-3-11-22)16-5-4-9-20-18(16)21-15-8-12-24-17(13-15)14-6-7-14/h4-5,9,14-15,17H,1-3,6-8,10-13H2,(H,20,21). The molecular weight excluding hydrogens is 302 g/mol. The lowest BCUT2D eigenvalue weighted by molar-refractivity contribution is -0.00224. The summed E-state index contributed by atoms with van der Waals surface area (Å²) in [5.74, 6) is 1.62. The van der Waals surface area contributed by atoms with Crippen LogP contribution >= 0.6 is 0 Å². The highest BCUT2D eigenvalue weighted by molar-refractivity contribution is 5.98. The first-order valence-electron chi connectivity index (χ1n) is 9.43. The second kappa shape index (κ2) is 7.09. The molecular formula is C19H27N3O2. The third-order valence-corrected chi connectivity index (χ3v) is 5.49. The van der Waals surface area contributed by atoms with Gasteiger partial charge in [-0.25, -0.2) is 4.98 Å². The van der Waals surface area contributed by atoms with Crippen LogP contribution in [0.5, 0.6) is 0 Å². The third-order valence-electron chi connectivity index (χ3n) is 5.49. The van der Waals surface area contributed by atoms with E-state index in [4.69, 9.17) is 4.74 Å². The summed E-state index contributed by atoms with van der Waals surface area (Å²) in [6.45, 7) is 2.55. The van der Waals surface area contributed by atoms with Crippen LogP contribution in [0.15, 0.2) is 18.3 Å². The molecule has 24 heavy (non-hydrogen) atoms. The van der Waals surface area contributed by atoms with E-state index in [-0.39, 0.29) is 5.91 Å². The van der Waals surface area contributed by atoms with E-state index in [1.54, 1.807) is 6.20 Å². The Morgan fingerprint density at radius 1 is 1.21 bits per heavy atom. The summed E-state index contributed by atoms with van der Waals surface area (Å²) in [5, 5.41) is 3.54. The zero-order valence-corrected chi connectivity index (χ0v) is 14.2. The van der Waals surface area contributed by atoms with Gasteiger partial charge >= 0.3 is 0 Å². The molecule has 1 N–H and O–H groups in total. The van der Waals surface area contributed by atoms with Crippen molar-refractivity contribution in [3.63, 3.8) is 0 Å². The van der Waals surface area contributed by atoms with E-state index in [0.717, 1.165) is 57.1 Å². The lowest BCUT2D eigenvalue weighted by atomic mass is 9.99. The number of hydrogen-bond acceptors (Lipinski definition) is 4. The van der Waals surface area contributed by atoms with Crippen LogP contribution in [-0.4, -0.2) is 47.6 Å². The molecule has 1 amide bonds. The van der Waals surface area contributed by atoms with Crippen LogP contribution in [0.25, 0.3) is 0 Å². The highest BCUT2D eigenvalue weighted by atomic mass is 16.5. The third kappa shape index (κ3) is 3.56. The van der Waals surface area contributed by atoms with E-state index in [1.165, 1.54) is 19.3 Å². The van der Waals surface area contributed by atoms with E-state index in [9.17, 15) is 4.79 Å². The van der Waals surface area contributed by atoms with Gasteiger partial charge in [-0.3, -0.25) is 4.79 Å². The van der Waals surface area contributed by atoms with Crippen molar-refractivity contribution in [2.45, 2.75) is 57.1 Å². The molecule has 1 aliphatic carbocycles. The van der Waals surface area contributed by atoms with Crippen molar-refractivity contribution >= 4 is 11.7 Å². The maximum atomic E-state index is 12.9. The van der Waals surface area contributed by atoms with Crippen molar-refractivity contribution in [2.24, 2.45) is 5.92 Å². The molecule has 3 fully saturated rings. The Morgan fingerprint density at radius 2 is 2.04 bits per heavy atom. The predicted molar refractivity (Wildman–Crippen MR) is 93.1 cm³/mol. The van der Waals surface area contributed by atoms with Gasteiger partial charge in [0.15, 0.2) is 0 Å². The molecule has 2 aliphatic heterocycles. The van der Waals surface area contributed by atoms with Crippen molar-refractivity contribution in [1.82, 2.24) is 9.88 Å². The zero-order valence-electron chi connectivity index (χ0n) is 14.2. The van der Waals surface area contributed by atoms with Crippen LogP contribution < -0.4 is 5.32 Å². The molecule has 3 heterocycles. The molecule has 1 saturated carbocycles. The molecule has 2 saturated heterocycles. The first kappa shape index (κ1) is 15.9. The number of carbonyl (C=O) groups excluding carboxylic acids is 1. The number of piperidine rings is 1. The fourth-order valence-electron chi connectivity index (χ4n) is 3.91. The Kier molecular flexibility index (Phi) is 4.69. The number of anilines is 1. The quantitative estimate of drug-likeness (QED) is 0.922. The molecule has 1 aromatic heterocycles. The highest BCUT2D eigenvalue weighted by Gasteiger charge is 2.36. The largest absolute Gasteiger partial charge is 0.378 e. The van der Waals surface area contributed by atoms with Crippen molar-refractivity contribution in [3.05, 3.63) is 23.9 Å². The van der Waals surface area contributed by atoms with Crippen LogP contribution in [-0.2, 0) is 4.74 Å². The SMILES string of the molecule is O=C(c1cccnc1NC1CCOC(C2CC2)C1)N1CCCCC1. The predicted octanol–water partition coefficient (Wildman–Crippen LogP) is 3.08. The Hall–Kier alpha value is -1.62. The molecule has 2 atom stereocenters. The minimum atomic E-state index is 0.121. The average Bonchev–Trinajstić information content (AvgIpc) is 3.48. The van der Waals surface area contributed by atoms with Gasteiger partial charge in [0.25, 0.3) is 5.91 Å². The van der Waals surface area contributed by atoms with Gasteiger partial charge in [0.2, 0.25) is 0 Å². The van der Waals surface area contributed by atoms with Gasteiger partial charge in [-0.1, -0.05) is 0 Å². The van der Waals surface area contributed by atoms with Crippen molar-refractivity contribution < 1.29 is 9.53 Å². The zero-order chi connectivity index (χ0) is 16.4. The monoisotopic (exact) mass is 329 g/mol. The second-order valence-electron chi connectivity index (χ2n) is 7.36. The summed E-state index contributed by atoms with van der Waals surface area (Å²) in [6, 6.07) is 4.12. The normalized spacial score (nSPS) is 27.8. The topological polar surface area (TPSA) is 54.5 Å². The van der Waals surface area contributed by atoms with E-state index < -0.39 is 0 Å². The number of nitrogens with one attached hydrogen (secondary N) is 1. The van der Waals surface area contributed by atoms with E-state index in [0.29, 0.717) is 17.7 Å². The molecule has 4 rings (SSSR count). The maximum Gasteiger partial charge on any atom is 0.257 e. The number of carbonyl (C=O) groups is 1. The van der Waals surface area contributed by atoms with Gasteiger partial charge in [-0.15, -0.1) is 0 Å². The number of amides is 1. The molecule has 3 aliphatic rings. The first-order chi connectivity index (χ1) is 11.8. The van der Waals surface area contributed by atoms with Crippen LogP contribution in [0.3, 0.4) is 0 Å². The summed E-state index contributed by atoms with van der Waals surface area (Å²) in [4.78, 5) is 19.3. The number of aromatic nitrogens is 1. The average molecular weight is 329 g/mol. The van der Waals surface area contributed by atoms with Gasteiger partial charge in [-0.05, 0) is 63.0 Å². The van der Waals surface area contributed by atoms with Crippen LogP contribution in [0.2, 0.25) is 0 Å². The number of pyridine rings is 1. The molecule has 0 spiro atoms. The van der Waals surface area contributed by atoms with Crippen LogP contribution in [0.1, 0.15) is 55.3 Å². The molecule has 2 unspecified atom stereocenters. The summed E-state index contributed by atoms with van der Waals surface area (Å²) in [7, 11) is 0. The summed E-state index contributed by atoms with van der Waals surface area (Å²) < 4.78 is 5.91. The van der Waals surface area contributed by atoms with E-state index in [1.807, 2.05) is 17.0 Å². The number of ether oxygens (including phenoxy) is 1. The summed E-state index contributed by atoms with van der Waals surface area (Å²) >= 11 is 0. The minimum absolute atomic E-state index is 0.121. The Morgan fingerprint density at radius 3 is 2.83 bits per heavy atom. The van der Waals surface area contributed by atoms with Gasteiger partial charge in [0.05, 0.1) is 11.7 Å². The number of likely N-dealkylation sites (tertiary alicyclic amines) is 1. The fourth-order valence-corrected chi connectivity index (χ4v) is 3.91. The molecule has 5 nitrogen and oxygen atoms in total. The lowest BCUT2D eigenvalue weighted by Crippen LogP contribution is -2.38. The van der Waals surface area contributed by atoms with Gasteiger partial charge in [0, 0.05) is 31.9 Å². The molecule has 0 bridgehead atoms. The Bertz CT molecular complexity index is 582. The molecule has 0 aromatic carbocycles. The van der Waals surface area contributed by atoms with Gasteiger partial charge in [0.1, 0.15) is 5.82 Å². The van der Waals surface area contributed by atoms with E-state index >= 15 is 0 Å². The Balaban J connectivity index is 1.45. The molecule has 0 radical (unpaired) electrons. The van der Waals surface area contributed by atoms with Crippen molar-refractivity contribution in [2.75, 3.05) is 25.0 Å². The number of hydrogen-bond donors (Lipinski definition) is 1. The fraction of sp³-hybridized carbons (Fsp3) is 0.684. The highest BCUT2D eigenvalue weighted by Crippen LogP contribution is 2.38. The van der Waals surface area contributed by atoms with E-state index in [2.05, 4.69) is 10.3 Å². The smallest absolute Gasteiger partial charge is 0.257 e. The molecule has 130 valence electrons. The van der Waals surface area contributed by atoms with Gasteiger partial charge in [-0.2, -0.15) is 0 Å². The molecule has 5 heteroatoms. The first-order valence-corrected chi connectivity index (χ1v) is 9.43. The summed E-state index contributed by atoms with van der Waals surface area (Å²) in [5.41, 5.74) is 0.717. The second-order valence-corrected chi connectivity index (χ2v) is 7.36. The van der Waals surface area contributed by atoms with Crippen molar-refractivity contribution in [1.29, 1.82) is 0 Å². The van der Waals surface area contributed by atoms with Crippen LogP contribution in [0, 0.1) is 5.92 Å². The van der Waals surface area contributed by atoms with Crippen LogP contribution in [0.4, 0.5) is 5.82 Å². The minimum Gasteiger partial charge on any atom is -0.378 e. The summed E-state index contributed by atoms with van der Waals surface area (Å²) in [6.07, 6.45) is 10.2. The maximum absolute atomic E-state index is 12.9. The van der Waals surface area contributed by atoms with Crippen molar-refractivity contribution in [3.8, 4) is 0 Å². The Labute approximate surface area is 143 Å². The number of nitrogens with zero attached hydrogens (tertiary/aromatic N) is 2. The lowest BCUT2D eigenvalue weighted by Gasteiger charge is -2.31. The van der Waals surface area contributed by atoms with Gasteiger partial charge < -0.3 is 15.0 Å². The molecule has 1 aromatic rings. The number of rotatable bonds is 4.